The van der Waals surface area contributed by atoms with E-state index in [-0.39, 0.29) is 31.0 Å². The van der Waals surface area contributed by atoms with Crippen molar-refractivity contribution in [3.8, 4) is 5.75 Å². The fourth-order valence-corrected chi connectivity index (χ4v) is 1.95. The van der Waals surface area contributed by atoms with E-state index in [1.807, 2.05) is 25.1 Å². The molecule has 0 fully saturated rings. The Morgan fingerprint density at radius 3 is 2.61 bits per heavy atom. The van der Waals surface area contributed by atoms with Crippen molar-refractivity contribution in [2.24, 2.45) is 0 Å². The average molecular weight is 316 g/mol. The summed E-state index contributed by atoms with van der Waals surface area (Å²) in [5, 5.41) is 2.55. The van der Waals surface area contributed by atoms with E-state index in [2.05, 4.69) is 5.32 Å². The molecular weight excluding hydrogens is 296 g/mol. The largest absolute Gasteiger partial charge is 0.484 e. The number of para-hydroxylation sites is 1. The number of carbonyl (C=O) groups excluding carboxylic acids is 2. The van der Waals surface area contributed by atoms with Crippen LogP contribution in [0, 0.1) is 0 Å². The molecule has 6 nitrogen and oxygen atoms in total. The first-order valence-electron chi connectivity index (χ1n) is 7.31. The molecule has 0 bridgehead atoms. The summed E-state index contributed by atoms with van der Waals surface area (Å²) in [6, 6.07) is 12.4. The number of amides is 2. The highest BCUT2D eigenvalue weighted by Gasteiger charge is 2.19. The number of nitrogens with one attached hydrogen (secondary N) is 1. The molecule has 1 aromatic heterocycles. The summed E-state index contributed by atoms with van der Waals surface area (Å²) in [6.07, 6.45) is 1.56. The zero-order chi connectivity index (χ0) is 16.7. The molecule has 122 valence electrons. The van der Waals surface area contributed by atoms with E-state index in [0.29, 0.717) is 11.5 Å². The Balaban J connectivity index is 1.74. The first-order chi connectivity index (χ1) is 11.1. The van der Waals surface area contributed by atoms with Gasteiger partial charge in [0.05, 0.1) is 18.8 Å². The van der Waals surface area contributed by atoms with Gasteiger partial charge in [0.1, 0.15) is 11.5 Å². The maximum Gasteiger partial charge on any atom is 0.258 e. The Hall–Kier alpha value is -2.76. The van der Waals surface area contributed by atoms with Gasteiger partial charge in [-0.15, -0.1) is 0 Å². The standard InChI is InChI=1S/C17H20N2O4/c1-13(15-9-6-10-22-15)19(2)17(21)11-18-16(20)12-23-14-7-4-3-5-8-14/h3-10,13H,11-12H2,1-2H3,(H,18,20). The molecule has 1 N–H and O–H groups in total. The lowest BCUT2D eigenvalue weighted by atomic mass is 10.2. The highest BCUT2D eigenvalue weighted by Crippen LogP contribution is 2.18. The molecule has 23 heavy (non-hydrogen) atoms. The Labute approximate surface area is 135 Å². The first-order valence-corrected chi connectivity index (χ1v) is 7.31. The van der Waals surface area contributed by atoms with Crippen LogP contribution in [-0.4, -0.2) is 36.9 Å². The van der Waals surface area contributed by atoms with E-state index >= 15 is 0 Å². The molecule has 2 rings (SSSR count). The van der Waals surface area contributed by atoms with Crippen LogP contribution in [0.4, 0.5) is 0 Å². The SMILES string of the molecule is CC(c1ccco1)N(C)C(=O)CNC(=O)COc1ccccc1. The molecule has 0 aliphatic heterocycles. The van der Waals surface area contributed by atoms with Crippen LogP contribution in [0.25, 0.3) is 0 Å². The lowest BCUT2D eigenvalue weighted by molar-refractivity contribution is -0.134. The summed E-state index contributed by atoms with van der Waals surface area (Å²) < 4.78 is 10.6. The molecule has 2 aromatic rings. The summed E-state index contributed by atoms with van der Waals surface area (Å²) in [5.41, 5.74) is 0. The van der Waals surface area contributed by atoms with Crippen LogP contribution in [0.3, 0.4) is 0 Å². The zero-order valence-corrected chi connectivity index (χ0v) is 13.2. The van der Waals surface area contributed by atoms with Crippen LogP contribution >= 0.6 is 0 Å². The number of benzene rings is 1. The third-order valence-electron chi connectivity index (χ3n) is 3.48. The molecule has 1 heterocycles. The second-order valence-electron chi connectivity index (χ2n) is 5.07. The number of rotatable bonds is 7. The molecule has 1 aromatic carbocycles. The fraction of sp³-hybridized carbons (Fsp3) is 0.294. The van der Waals surface area contributed by atoms with Crippen molar-refractivity contribution in [1.82, 2.24) is 10.2 Å². The molecule has 0 saturated heterocycles. The van der Waals surface area contributed by atoms with Crippen LogP contribution in [-0.2, 0) is 9.59 Å². The van der Waals surface area contributed by atoms with Crippen LogP contribution in [0.15, 0.2) is 53.1 Å². The van der Waals surface area contributed by atoms with Crippen LogP contribution < -0.4 is 10.1 Å². The molecule has 0 spiro atoms. The molecule has 0 aliphatic carbocycles. The smallest absolute Gasteiger partial charge is 0.258 e. The van der Waals surface area contributed by atoms with Gasteiger partial charge in [0.2, 0.25) is 5.91 Å². The highest BCUT2D eigenvalue weighted by molar-refractivity contribution is 5.85. The number of ether oxygens (including phenoxy) is 1. The van der Waals surface area contributed by atoms with Gasteiger partial charge in [-0.2, -0.15) is 0 Å². The number of likely N-dealkylation sites (N-methyl/N-ethyl adjacent to an activating group) is 1. The molecule has 0 saturated carbocycles. The third-order valence-corrected chi connectivity index (χ3v) is 3.48. The molecule has 1 unspecified atom stereocenters. The molecule has 0 radical (unpaired) electrons. The Morgan fingerprint density at radius 2 is 1.96 bits per heavy atom. The Bertz CT molecular complexity index is 625. The second-order valence-corrected chi connectivity index (χ2v) is 5.07. The Kier molecular flexibility index (Phi) is 5.80. The first kappa shape index (κ1) is 16.6. The normalized spacial score (nSPS) is 11.6. The van der Waals surface area contributed by atoms with Crippen LogP contribution in [0.1, 0.15) is 18.7 Å². The van der Waals surface area contributed by atoms with Crippen molar-refractivity contribution < 1.29 is 18.7 Å². The van der Waals surface area contributed by atoms with Crippen molar-refractivity contribution >= 4 is 11.8 Å². The fourth-order valence-electron chi connectivity index (χ4n) is 1.95. The quantitative estimate of drug-likeness (QED) is 0.848. The van der Waals surface area contributed by atoms with Crippen molar-refractivity contribution in [3.05, 3.63) is 54.5 Å². The van der Waals surface area contributed by atoms with E-state index in [4.69, 9.17) is 9.15 Å². The second kappa shape index (κ2) is 8.03. The van der Waals surface area contributed by atoms with Gasteiger partial charge in [-0.1, -0.05) is 18.2 Å². The van der Waals surface area contributed by atoms with Gasteiger partial charge in [0, 0.05) is 7.05 Å². The van der Waals surface area contributed by atoms with Crippen LogP contribution in [0.2, 0.25) is 0 Å². The number of hydrogen-bond donors (Lipinski definition) is 1. The molecule has 1 atom stereocenters. The van der Waals surface area contributed by atoms with Gasteiger partial charge >= 0.3 is 0 Å². The summed E-state index contributed by atoms with van der Waals surface area (Å²) in [4.78, 5) is 25.3. The van der Waals surface area contributed by atoms with E-state index in [1.165, 1.54) is 4.90 Å². The van der Waals surface area contributed by atoms with Gasteiger partial charge in [-0.05, 0) is 31.2 Å². The topological polar surface area (TPSA) is 71.8 Å². The number of hydrogen-bond acceptors (Lipinski definition) is 4. The number of furan rings is 1. The van der Waals surface area contributed by atoms with Gasteiger partial charge in [0.15, 0.2) is 6.61 Å². The van der Waals surface area contributed by atoms with Gasteiger partial charge in [-0.25, -0.2) is 0 Å². The number of nitrogens with zero attached hydrogens (tertiary/aromatic N) is 1. The Morgan fingerprint density at radius 1 is 1.22 bits per heavy atom. The van der Waals surface area contributed by atoms with Crippen molar-refractivity contribution in [2.75, 3.05) is 20.2 Å². The molecule has 6 heteroatoms. The van der Waals surface area contributed by atoms with Crippen LogP contribution in [0.5, 0.6) is 5.75 Å². The van der Waals surface area contributed by atoms with E-state index < -0.39 is 0 Å². The van der Waals surface area contributed by atoms with Crippen molar-refractivity contribution in [3.63, 3.8) is 0 Å². The summed E-state index contributed by atoms with van der Waals surface area (Å²) in [6.45, 7) is 1.64. The molecule has 2 amide bonds. The predicted molar refractivity (Wildman–Crippen MR) is 84.8 cm³/mol. The average Bonchev–Trinajstić information content (AvgIpc) is 3.12. The lowest BCUT2D eigenvalue weighted by Crippen LogP contribution is -2.40. The zero-order valence-electron chi connectivity index (χ0n) is 13.2. The minimum atomic E-state index is -0.346. The van der Waals surface area contributed by atoms with E-state index in [9.17, 15) is 9.59 Å². The molecular formula is C17H20N2O4. The van der Waals surface area contributed by atoms with Gasteiger partial charge in [-0.3, -0.25) is 9.59 Å². The summed E-state index contributed by atoms with van der Waals surface area (Å²) in [5.74, 6) is 0.750. The van der Waals surface area contributed by atoms with Gasteiger partial charge in [0.25, 0.3) is 5.91 Å². The van der Waals surface area contributed by atoms with Crippen molar-refractivity contribution in [2.45, 2.75) is 13.0 Å². The predicted octanol–water partition coefficient (Wildman–Crippen LogP) is 1.99. The number of carbonyl (C=O) groups is 2. The maximum atomic E-state index is 12.1. The van der Waals surface area contributed by atoms with E-state index in [0.717, 1.165) is 0 Å². The maximum absolute atomic E-state index is 12.1. The minimum Gasteiger partial charge on any atom is -0.484 e. The van der Waals surface area contributed by atoms with Crippen molar-refractivity contribution in [1.29, 1.82) is 0 Å². The van der Waals surface area contributed by atoms with E-state index in [1.54, 1.807) is 37.6 Å². The summed E-state index contributed by atoms with van der Waals surface area (Å²) >= 11 is 0. The summed E-state index contributed by atoms with van der Waals surface area (Å²) in [7, 11) is 1.67. The minimum absolute atomic E-state index is 0.0848. The molecule has 0 aliphatic rings. The monoisotopic (exact) mass is 316 g/mol. The third kappa shape index (κ3) is 4.88. The van der Waals surface area contributed by atoms with Gasteiger partial charge < -0.3 is 19.4 Å². The highest BCUT2D eigenvalue weighted by atomic mass is 16.5. The lowest BCUT2D eigenvalue weighted by Gasteiger charge is -2.23.